The molecule has 0 aromatic heterocycles. The van der Waals surface area contributed by atoms with Crippen LogP contribution in [-0.4, -0.2) is 82.2 Å². The Morgan fingerprint density at radius 1 is 1.39 bits per heavy atom. The molecule has 136 valence electrons. The Hall–Kier alpha value is -1.06. The standard InChI is InChI=1S/C14H27F3N4O2/c1-18-12(19-5-6-21(2)10-14(15,16)17)20-9-13(3-7-22)4-8-23-11-13/h22H,3-11H2,1-2H3,(H2,18,19,20). The first-order chi connectivity index (χ1) is 10.8. The van der Waals surface area contributed by atoms with Gasteiger partial charge in [-0.3, -0.25) is 9.89 Å². The van der Waals surface area contributed by atoms with Gasteiger partial charge in [-0.05, 0) is 19.9 Å². The quantitative estimate of drug-likeness (QED) is 0.442. The second-order valence-corrected chi connectivity index (χ2v) is 5.98. The molecule has 1 rings (SSSR count). The van der Waals surface area contributed by atoms with Gasteiger partial charge in [-0.15, -0.1) is 0 Å². The SMILES string of the molecule is CN=C(NCCN(C)CC(F)(F)F)NCC1(CCO)CCOC1. The van der Waals surface area contributed by atoms with Gasteiger partial charge in [-0.2, -0.15) is 13.2 Å². The van der Waals surface area contributed by atoms with Crippen molar-refractivity contribution in [3.63, 3.8) is 0 Å². The first-order valence-corrected chi connectivity index (χ1v) is 7.69. The van der Waals surface area contributed by atoms with Crippen LogP contribution < -0.4 is 10.6 Å². The first-order valence-electron chi connectivity index (χ1n) is 7.69. The zero-order valence-corrected chi connectivity index (χ0v) is 13.7. The minimum Gasteiger partial charge on any atom is -0.396 e. The van der Waals surface area contributed by atoms with Crippen LogP contribution >= 0.6 is 0 Å². The Morgan fingerprint density at radius 3 is 2.65 bits per heavy atom. The van der Waals surface area contributed by atoms with Gasteiger partial charge in [-0.25, -0.2) is 0 Å². The van der Waals surface area contributed by atoms with Crippen molar-refractivity contribution in [2.45, 2.75) is 19.0 Å². The van der Waals surface area contributed by atoms with Crippen molar-refractivity contribution < 1.29 is 23.0 Å². The second-order valence-electron chi connectivity index (χ2n) is 5.98. The maximum atomic E-state index is 12.2. The summed E-state index contributed by atoms with van der Waals surface area (Å²) in [7, 11) is 3.04. The van der Waals surface area contributed by atoms with Crippen molar-refractivity contribution >= 4 is 5.96 Å². The summed E-state index contributed by atoms with van der Waals surface area (Å²) in [5.41, 5.74) is -0.112. The van der Waals surface area contributed by atoms with E-state index in [1.54, 1.807) is 7.05 Å². The fourth-order valence-corrected chi connectivity index (χ4v) is 2.55. The summed E-state index contributed by atoms with van der Waals surface area (Å²) in [5, 5.41) is 15.3. The van der Waals surface area contributed by atoms with E-state index in [0.717, 1.165) is 6.42 Å². The zero-order valence-electron chi connectivity index (χ0n) is 13.7. The number of hydrogen-bond acceptors (Lipinski definition) is 4. The molecule has 0 aromatic carbocycles. The minimum atomic E-state index is -4.19. The topological polar surface area (TPSA) is 69.1 Å². The number of halogens is 3. The number of guanidine groups is 1. The molecule has 0 bridgehead atoms. The van der Waals surface area contributed by atoms with Crippen molar-refractivity contribution in [1.82, 2.24) is 15.5 Å². The molecule has 1 aliphatic heterocycles. The Balaban J connectivity index is 2.32. The molecule has 6 nitrogen and oxygen atoms in total. The summed E-state index contributed by atoms with van der Waals surface area (Å²) >= 11 is 0. The molecule has 0 aliphatic carbocycles. The molecule has 1 atom stereocenters. The van der Waals surface area contributed by atoms with Gasteiger partial charge in [0.1, 0.15) is 0 Å². The molecule has 0 amide bonds. The summed E-state index contributed by atoms with van der Waals surface area (Å²) in [6, 6.07) is 0. The van der Waals surface area contributed by atoms with E-state index in [9.17, 15) is 18.3 Å². The summed E-state index contributed by atoms with van der Waals surface area (Å²) in [5.74, 6) is 0.537. The number of nitrogens with one attached hydrogen (secondary N) is 2. The highest BCUT2D eigenvalue weighted by Gasteiger charge is 2.34. The van der Waals surface area contributed by atoms with Gasteiger partial charge >= 0.3 is 6.18 Å². The summed E-state index contributed by atoms with van der Waals surface area (Å²) in [4.78, 5) is 5.27. The number of nitrogens with zero attached hydrogens (tertiary/aromatic N) is 2. The van der Waals surface area contributed by atoms with Crippen LogP contribution in [0.3, 0.4) is 0 Å². The van der Waals surface area contributed by atoms with Crippen LogP contribution in [0.25, 0.3) is 0 Å². The predicted octanol–water partition coefficient (Wildman–Crippen LogP) is 0.435. The van der Waals surface area contributed by atoms with Crippen LogP contribution in [0.4, 0.5) is 13.2 Å². The molecule has 1 unspecified atom stereocenters. The van der Waals surface area contributed by atoms with E-state index in [0.29, 0.717) is 38.7 Å². The highest BCUT2D eigenvalue weighted by atomic mass is 19.4. The lowest BCUT2D eigenvalue weighted by Crippen LogP contribution is -2.46. The smallest absolute Gasteiger partial charge is 0.396 e. The highest BCUT2D eigenvalue weighted by Crippen LogP contribution is 2.31. The molecule has 0 aromatic rings. The van der Waals surface area contributed by atoms with Crippen molar-refractivity contribution in [3.8, 4) is 0 Å². The van der Waals surface area contributed by atoms with E-state index >= 15 is 0 Å². The van der Waals surface area contributed by atoms with E-state index in [-0.39, 0.29) is 18.6 Å². The van der Waals surface area contributed by atoms with Crippen molar-refractivity contribution in [3.05, 3.63) is 0 Å². The lowest BCUT2D eigenvalue weighted by molar-refractivity contribution is -0.142. The molecule has 0 radical (unpaired) electrons. The average molecular weight is 340 g/mol. The van der Waals surface area contributed by atoms with E-state index in [1.807, 2.05) is 0 Å². The van der Waals surface area contributed by atoms with Crippen LogP contribution in [0, 0.1) is 5.41 Å². The fraction of sp³-hybridized carbons (Fsp3) is 0.929. The van der Waals surface area contributed by atoms with Gasteiger partial charge in [0.05, 0.1) is 13.2 Å². The summed E-state index contributed by atoms with van der Waals surface area (Å²) in [6.45, 7) is 1.64. The van der Waals surface area contributed by atoms with Crippen LogP contribution in [0.15, 0.2) is 4.99 Å². The van der Waals surface area contributed by atoms with Crippen LogP contribution in [0.5, 0.6) is 0 Å². The lowest BCUT2D eigenvalue weighted by Gasteiger charge is -2.28. The van der Waals surface area contributed by atoms with Crippen LogP contribution in [0.1, 0.15) is 12.8 Å². The maximum absolute atomic E-state index is 12.2. The largest absolute Gasteiger partial charge is 0.401 e. The number of aliphatic imine (C=N–C) groups is 1. The van der Waals surface area contributed by atoms with Gasteiger partial charge in [0, 0.05) is 45.3 Å². The number of alkyl halides is 3. The van der Waals surface area contributed by atoms with Crippen LogP contribution in [0.2, 0.25) is 0 Å². The van der Waals surface area contributed by atoms with Gasteiger partial charge in [0.15, 0.2) is 5.96 Å². The number of hydrogen-bond donors (Lipinski definition) is 3. The highest BCUT2D eigenvalue weighted by molar-refractivity contribution is 5.79. The number of aliphatic hydroxyl groups excluding tert-OH is 1. The predicted molar refractivity (Wildman–Crippen MR) is 82.5 cm³/mol. The molecule has 1 saturated heterocycles. The van der Waals surface area contributed by atoms with Gasteiger partial charge in [-0.1, -0.05) is 0 Å². The van der Waals surface area contributed by atoms with Crippen LogP contribution in [-0.2, 0) is 4.74 Å². The van der Waals surface area contributed by atoms with Crippen molar-refractivity contribution in [2.75, 3.05) is 60.1 Å². The van der Waals surface area contributed by atoms with E-state index in [2.05, 4.69) is 15.6 Å². The maximum Gasteiger partial charge on any atom is 0.401 e. The van der Waals surface area contributed by atoms with Gasteiger partial charge in [0.2, 0.25) is 0 Å². The Morgan fingerprint density at radius 2 is 2.13 bits per heavy atom. The Labute approximate surface area is 135 Å². The summed E-state index contributed by atoms with van der Waals surface area (Å²) in [6.07, 6.45) is -2.68. The molecule has 1 aliphatic rings. The number of aliphatic hydroxyl groups is 1. The third-order valence-corrected chi connectivity index (χ3v) is 3.92. The lowest BCUT2D eigenvalue weighted by atomic mass is 9.84. The van der Waals surface area contributed by atoms with Gasteiger partial charge < -0.3 is 20.5 Å². The molecule has 3 N–H and O–H groups in total. The minimum absolute atomic E-state index is 0.0965. The third-order valence-electron chi connectivity index (χ3n) is 3.92. The second kappa shape index (κ2) is 9.29. The molecule has 9 heteroatoms. The van der Waals surface area contributed by atoms with E-state index in [4.69, 9.17) is 4.74 Å². The van der Waals surface area contributed by atoms with Gasteiger partial charge in [0.25, 0.3) is 0 Å². The van der Waals surface area contributed by atoms with Crippen molar-refractivity contribution in [2.24, 2.45) is 10.4 Å². The molecule has 1 heterocycles. The Kier molecular flexibility index (Phi) is 8.07. The molecular weight excluding hydrogens is 313 g/mol. The Bertz CT molecular complexity index is 372. The zero-order chi connectivity index (χ0) is 17.3. The number of ether oxygens (including phenoxy) is 1. The molecular formula is C14H27F3N4O2. The monoisotopic (exact) mass is 340 g/mol. The molecule has 1 fully saturated rings. The first kappa shape index (κ1) is 20.0. The third kappa shape index (κ3) is 7.85. The molecule has 23 heavy (non-hydrogen) atoms. The van der Waals surface area contributed by atoms with Crippen molar-refractivity contribution in [1.29, 1.82) is 0 Å². The molecule has 0 spiro atoms. The van der Waals surface area contributed by atoms with E-state index in [1.165, 1.54) is 11.9 Å². The summed E-state index contributed by atoms with van der Waals surface area (Å²) < 4.78 is 42.1. The normalized spacial score (nSPS) is 22.7. The average Bonchev–Trinajstić information content (AvgIpc) is 2.90. The number of likely N-dealkylation sites (N-methyl/N-ethyl adjacent to an activating group) is 1. The van der Waals surface area contributed by atoms with E-state index < -0.39 is 12.7 Å². The number of rotatable bonds is 8. The molecule has 0 saturated carbocycles. The fourth-order valence-electron chi connectivity index (χ4n) is 2.55.